The second kappa shape index (κ2) is 4.97. The number of nitrogens with one attached hydrogen (secondary N) is 2. The lowest BCUT2D eigenvalue weighted by atomic mass is 9.99. The first-order chi connectivity index (χ1) is 7.22. The number of rotatable bonds is 3. The predicted octanol–water partition coefficient (Wildman–Crippen LogP) is 2.08. The van der Waals surface area contributed by atoms with E-state index in [9.17, 15) is 0 Å². The summed E-state index contributed by atoms with van der Waals surface area (Å²) in [5.41, 5.74) is 3.35. The minimum Gasteiger partial charge on any atom is -0.393 e. The van der Waals surface area contributed by atoms with Crippen molar-refractivity contribution in [1.82, 2.24) is 5.32 Å². The van der Waals surface area contributed by atoms with Crippen molar-refractivity contribution in [2.75, 3.05) is 7.05 Å². The van der Waals surface area contributed by atoms with Crippen molar-refractivity contribution in [2.24, 2.45) is 0 Å². The lowest BCUT2D eigenvalue weighted by Gasteiger charge is -2.06. The molecule has 0 radical (unpaired) electrons. The van der Waals surface area contributed by atoms with Crippen molar-refractivity contribution in [3.8, 4) is 6.07 Å². The molecule has 15 heavy (non-hydrogen) atoms. The fraction of sp³-hybridized carbons (Fsp3) is 0.167. The molecule has 76 valence electrons. The van der Waals surface area contributed by atoms with Crippen LogP contribution in [0.1, 0.15) is 16.7 Å². The Morgan fingerprint density at radius 2 is 2.27 bits per heavy atom. The number of allylic oxidation sites excluding steroid dienone is 1. The Balaban J connectivity index is 3.29. The highest BCUT2D eigenvalue weighted by atomic mass is 14.8. The van der Waals surface area contributed by atoms with Crippen molar-refractivity contribution in [2.45, 2.75) is 6.92 Å². The number of hydrogen-bond acceptors (Lipinski definition) is 3. The van der Waals surface area contributed by atoms with Crippen LogP contribution in [0.4, 0.5) is 0 Å². The number of hydrogen-bond donors (Lipinski definition) is 2. The molecule has 1 aromatic rings. The molecule has 0 aliphatic rings. The second-order valence-corrected chi connectivity index (χ2v) is 3.17. The summed E-state index contributed by atoms with van der Waals surface area (Å²) >= 11 is 0. The Bertz CT molecular complexity index is 439. The predicted molar refractivity (Wildman–Crippen MR) is 61.7 cm³/mol. The van der Waals surface area contributed by atoms with Gasteiger partial charge in [-0.1, -0.05) is 6.07 Å². The number of nitrogens with zero attached hydrogens (tertiary/aromatic N) is 1. The molecule has 0 atom stereocenters. The third kappa shape index (κ3) is 2.44. The number of nitriles is 1. The largest absolute Gasteiger partial charge is 0.393 e. The van der Waals surface area contributed by atoms with E-state index in [1.165, 1.54) is 6.21 Å². The molecule has 0 spiro atoms. The maximum absolute atomic E-state index is 8.80. The molecule has 0 aliphatic heterocycles. The van der Waals surface area contributed by atoms with Gasteiger partial charge < -0.3 is 10.7 Å². The highest BCUT2D eigenvalue weighted by Gasteiger charge is 2.03. The van der Waals surface area contributed by atoms with Gasteiger partial charge in [-0.3, -0.25) is 0 Å². The fourth-order valence-electron chi connectivity index (χ4n) is 1.36. The minimum absolute atomic E-state index is 0.611. The van der Waals surface area contributed by atoms with Crippen LogP contribution in [0.5, 0.6) is 0 Å². The first-order valence-corrected chi connectivity index (χ1v) is 4.62. The molecule has 1 aromatic carbocycles. The summed E-state index contributed by atoms with van der Waals surface area (Å²) < 4.78 is 0. The van der Waals surface area contributed by atoms with Gasteiger partial charge in [0.1, 0.15) is 0 Å². The molecule has 0 amide bonds. The summed E-state index contributed by atoms with van der Waals surface area (Å²) in [6, 6.07) is 7.56. The second-order valence-electron chi connectivity index (χ2n) is 3.17. The molecule has 0 unspecified atom stereocenters. The van der Waals surface area contributed by atoms with E-state index in [0.717, 1.165) is 16.7 Å². The van der Waals surface area contributed by atoms with Gasteiger partial charge in [0.25, 0.3) is 0 Å². The Kier molecular flexibility index (Phi) is 3.64. The molecule has 0 fully saturated rings. The fourth-order valence-corrected chi connectivity index (χ4v) is 1.36. The van der Waals surface area contributed by atoms with Gasteiger partial charge in [0.15, 0.2) is 0 Å². The first kappa shape index (κ1) is 11.0. The average Bonchev–Trinajstić information content (AvgIpc) is 2.27. The smallest absolute Gasteiger partial charge is 0.0991 e. The summed E-state index contributed by atoms with van der Waals surface area (Å²) in [6.07, 6.45) is 3.02. The first-order valence-electron chi connectivity index (χ1n) is 4.62. The molecule has 3 nitrogen and oxygen atoms in total. The zero-order valence-corrected chi connectivity index (χ0v) is 8.83. The van der Waals surface area contributed by atoms with Crippen LogP contribution < -0.4 is 5.32 Å². The maximum Gasteiger partial charge on any atom is 0.0991 e. The lowest BCUT2D eigenvalue weighted by Crippen LogP contribution is -1.99. The van der Waals surface area contributed by atoms with Crippen LogP contribution >= 0.6 is 0 Å². The van der Waals surface area contributed by atoms with Crippen LogP contribution in [-0.2, 0) is 0 Å². The molecule has 3 heteroatoms. The van der Waals surface area contributed by atoms with E-state index in [-0.39, 0.29) is 0 Å². The van der Waals surface area contributed by atoms with Gasteiger partial charge in [0.2, 0.25) is 0 Å². The molecule has 0 saturated heterocycles. The summed E-state index contributed by atoms with van der Waals surface area (Å²) in [4.78, 5) is 0. The van der Waals surface area contributed by atoms with Gasteiger partial charge in [-0.2, -0.15) is 5.26 Å². The molecular weight excluding hydrogens is 186 g/mol. The van der Waals surface area contributed by atoms with Crippen molar-refractivity contribution in [3.63, 3.8) is 0 Å². The molecule has 0 saturated carbocycles. The quantitative estimate of drug-likeness (QED) is 0.732. The van der Waals surface area contributed by atoms with Crippen LogP contribution in [-0.4, -0.2) is 13.3 Å². The van der Waals surface area contributed by atoms with Gasteiger partial charge >= 0.3 is 0 Å². The molecule has 1 rings (SSSR count). The topological polar surface area (TPSA) is 59.7 Å². The van der Waals surface area contributed by atoms with E-state index >= 15 is 0 Å². The molecule has 2 N–H and O–H groups in total. The zero-order valence-electron chi connectivity index (χ0n) is 8.83. The monoisotopic (exact) mass is 199 g/mol. The van der Waals surface area contributed by atoms with Crippen molar-refractivity contribution < 1.29 is 0 Å². The van der Waals surface area contributed by atoms with Gasteiger partial charge in [-0.15, -0.1) is 0 Å². The highest BCUT2D eigenvalue weighted by molar-refractivity contribution is 6.08. The van der Waals surface area contributed by atoms with Crippen molar-refractivity contribution in [3.05, 3.63) is 41.1 Å². The summed E-state index contributed by atoms with van der Waals surface area (Å²) in [5, 5.41) is 19.0. The number of benzene rings is 1. The number of aryl methyl sites for hydroxylation is 1. The van der Waals surface area contributed by atoms with E-state index in [2.05, 4.69) is 11.4 Å². The van der Waals surface area contributed by atoms with Gasteiger partial charge in [-0.05, 0) is 30.2 Å². The Labute approximate surface area is 89.6 Å². The summed E-state index contributed by atoms with van der Waals surface area (Å²) in [7, 11) is 1.78. The van der Waals surface area contributed by atoms with Crippen LogP contribution in [0.2, 0.25) is 0 Å². The Morgan fingerprint density at radius 3 is 2.80 bits per heavy atom. The molecule has 0 aromatic heterocycles. The third-order valence-corrected chi connectivity index (χ3v) is 2.13. The Morgan fingerprint density at radius 1 is 1.53 bits per heavy atom. The summed E-state index contributed by atoms with van der Waals surface area (Å²) in [5.74, 6) is 0. The van der Waals surface area contributed by atoms with Crippen LogP contribution in [0.15, 0.2) is 24.4 Å². The van der Waals surface area contributed by atoms with Gasteiger partial charge in [0.05, 0.1) is 11.6 Å². The van der Waals surface area contributed by atoms with Crippen molar-refractivity contribution in [1.29, 1.82) is 10.7 Å². The van der Waals surface area contributed by atoms with Crippen LogP contribution in [0, 0.1) is 23.7 Å². The van der Waals surface area contributed by atoms with E-state index in [0.29, 0.717) is 5.56 Å². The van der Waals surface area contributed by atoms with E-state index in [1.54, 1.807) is 25.4 Å². The average molecular weight is 199 g/mol. The maximum atomic E-state index is 8.80. The van der Waals surface area contributed by atoms with Crippen LogP contribution in [0.25, 0.3) is 5.57 Å². The molecule has 0 bridgehead atoms. The van der Waals surface area contributed by atoms with E-state index in [1.807, 2.05) is 13.0 Å². The SMILES string of the molecule is CN/C=C(\C=N)c1cc(C#N)ccc1C. The summed E-state index contributed by atoms with van der Waals surface area (Å²) in [6.45, 7) is 1.96. The molecule has 0 aliphatic carbocycles. The van der Waals surface area contributed by atoms with Crippen LogP contribution in [0.3, 0.4) is 0 Å². The standard InChI is InChI=1S/C12H13N3/c1-9-3-4-10(6-13)5-12(9)11(7-14)8-15-2/h3-5,7-8,14-15H,1-2H3/b11-8+,14-7?. The highest BCUT2D eigenvalue weighted by Crippen LogP contribution is 2.18. The third-order valence-electron chi connectivity index (χ3n) is 2.13. The van der Waals surface area contributed by atoms with Gasteiger partial charge in [-0.25, -0.2) is 0 Å². The Hall–Kier alpha value is -2.08. The zero-order chi connectivity index (χ0) is 11.3. The normalized spacial score (nSPS) is 10.6. The molecule has 0 heterocycles. The van der Waals surface area contributed by atoms with E-state index in [4.69, 9.17) is 10.7 Å². The molecular formula is C12H13N3. The van der Waals surface area contributed by atoms with Gasteiger partial charge in [0, 0.05) is 25.0 Å². The van der Waals surface area contributed by atoms with E-state index < -0.39 is 0 Å². The minimum atomic E-state index is 0.611. The van der Waals surface area contributed by atoms with Crippen molar-refractivity contribution >= 4 is 11.8 Å². The lowest BCUT2D eigenvalue weighted by molar-refractivity contribution is 1.11.